The number of hydrogen-bond acceptors (Lipinski definition) is 2. The van der Waals surface area contributed by atoms with E-state index >= 15 is 0 Å². The average Bonchev–Trinajstić information content (AvgIpc) is 2.64. The smallest absolute Gasteiger partial charge is 0.146 e. The molecule has 1 fully saturated rings. The number of nitrogens with one attached hydrogen (secondary N) is 1. The molecule has 0 spiro atoms. The first kappa shape index (κ1) is 9.40. The SMILES string of the molecule is Nc1cc(F)c([C@@H]2CCCN2)cc1F. The van der Waals surface area contributed by atoms with Crippen molar-refractivity contribution in [3.63, 3.8) is 0 Å². The molecule has 2 nitrogen and oxygen atoms in total. The minimum atomic E-state index is -0.546. The molecule has 0 aliphatic carbocycles. The lowest BCUT2D eigenvalue weighted by Crippen LogP contribution is -2.15. The molecule has 1 atom stereocenters. The highest BCUT2D eigenvalue weighted by Crippen LogP contribution is 2.27. The summed E-state index contributed by atoms with van der Waals surface area (Å²) in [7, 11) is 0. The zero-order valence-electron chi connectivity index (χ0n) is 7.69. The first-order valence-corrected chi connectivity index (χ1v) is 4.66. The molecular weight excluding hydrogens is 186 g/mol. The second-order valence-corrected chi connectivity index (χ2v) is 3.54. The van der Waals surface area contributed by atoms with Gasteiger partial charge in [-0.1, -0.05) is 0 Å². The van der Waals surface area contributed by atoms with Gasteiger partial charge in [0.1, 0.15) is 11.6 Å². The Morgan fingerprint density at radius 2 is 2.07 bits per heavy atom. The summed E-state index contributed by atoms with van der Waals surface area (Å²) < 4.78 is 26.5. The third kappa shape index (κ3) is 1.57. The second kappa shape index (κ2) is 3.53. The summed E-state index contributed by atoms with van der Waals surface area (Å²) in [5.74, 6) is -0.974. The molecular formula is C10H12F2N2. The van der Waals surface area contributed by atoms with Crippen molar-refractivity contribution in [2.45, 2.75) is 18.9 Å². The Morgan fingerprint density at radius 1 is 1.29 bits per heavy atom. The van der Waals surface area contributed by atoms with Gasteiger partial charge in [-0.3, -0.25) is 0 Å². The van der Waals surface area contributed by atoms with Crippen molar-refractivity contribution in [3.05, 3.63) is 29.3 Å². The van der Waals surface area contributed by atoms with Crippen LogP contribution in [0.3, 0.4) is 0 Å². The van der Waals surface area contributed by atoms with Gasteiger partial charge < -0.3 is 11.1 Å². The molecule has 0 radical (unpaired) electrons. The van der Waals surface area contributed by atoms with Gasteiger partial charge in [0.2, 0.25) is 0 Å². The van der Waals surface area contributed by atoms with Crippen LogP contribution in [0.25, 0.3) is 0 Å². The van der Waals surface area contributed by atoms with Gasteiger partial charge in [-0.2, -0.15) is 0 Å². The summed E-state index contributed by atoms with van der Waals surface area (Å²) in [6, 6.07) is 2.17. The largest absolute Gasteiger partial charge is 0.396 e. The molecule has 0 aromatic heterocycles. The normalized spacial score (nSPS) is 21.4. The van der Waals surface area contributed by atoms with E-state index in [4.69, 9.17) is 5.73 Å². The van der Waals surface area contributed by atoms with E-state index in [-0.39, 0.29) is 11.7 Å². The lowest BCUT2D eigenvalue weighted by Gasteiger charge is -2.12. The van der Waals surface area contributed by atoms with Crippen LogP contribution >= 0.6 is 0 Å². The molecule has 0 saturated carbocycles. The van der Waals surface area contributed by atoms with Crippen molar-refractivity contribution >= 4 is 5.69 Å². The maximum atomic E-state index is 13.4. The zero-order chi connectivity index (χ0) is 10.1. The number of nitrogen functional groups attached to an aromatic ring is 1. The molecule has 76 valence electrons. The number of anilines is 1. The predicted molar refractivity (Wildman–Crippen MR) is 50.7 cm³/mol. The van der Waals surface area contributed by atoms with Crippen LogP contribution in [-0.2, 0) is 0 Å². The summed E-state index contributed by atoms with van der Waals surface area (Å²) in [5, 5.41) is 3.11. The molecule has 2 rings (SSSR count). The van der Waals surface area contributed by atoms with E-state index < -0.39 is 11.6 Å². The van der Waals surface area contributed by atoms with Crippen molar-refractivity contribution in [2.24, 2.45) is 0 Å². The fourth-order valence-electron chi connectivity index (χ4n) is 1.79. The molecule has 1 aliphatic rings. The quantitative estimate of drug-likeness (QED) is 0.677. The van der Waals surface area contributed by atoms with E-state index in [1.807, 2.05) is 0 Å². The predicted octanol–water partition coefficient (Wildman–Crippen LogP) is 1.97. The Bertz CT molecular complexity index is 346. The van der Waals surface area contributed by atoms with Crippen LogP contribution in [0.15, 0.2) is 12.1 Å². The van der Waals surface area contributed by atoms with Crippen molar-refractivity contribution < 1.29 is 8.78 Å². The van der Waals surface area contributed by atoms with Gasteiger partial charge in [0, 0.05) is 17.7 Å². The van der Waals surface area contributed by atoms with Gasteiger partial charge in [0.15, 0.2) is 0 Å². The van der Waals surface area contributed by atoms with Crippen LogP contribution in [0.1, 0.15) is 24.4 Å². The molecule has 1 saturated heterocycles. The Kier molecular flexibility index (Phi) is 2.37. The Morgan fingerprint density at radius 3 is 2.71 bits per heavy atom. The molecule has 0 bridgehead atoms. The Balaban J connectivity index is 2.37. The van der Waals surface area contributed by atoms with Crippen LogP contribution < -0.4 is 11.1 Å². The van der Waals surface area contributed by atoms with E-state index in [1.165, 1.54) is 6.07 Å². The van der Waals surface area contributed by atoms with E-state index in [1.54, 1.807) is 0 Å². The third-order valence-electron chi connectivity index (χ3n) is 2.55. The summed E-state index contributed by atoms with van der Waals surface area (Å²) in [4.78, 5) is 0. The minimum absolute atomic E-state index is 0.0647. The lowest BCUT2D eigenvalue weighted by molar-refractivity contribution is 0.545. The van der Waals surface area contributed by atoms with E-state index in [0.29, 0.717) is 5.56 Å². The average molecular weight is 198 g/mol. The van der Waals surface area contributed by atoms with Gasteiger partial charge in [0.05, 0.1) is 5.69 Å². The van der Waals surface area contributed by atoms with Crippen LogP contribution in [0.2, 0.25) is 0 Å². The van der Waals surface area contributed by atoms with Crippen LogP contribution in [0.5, 0.6) is 0 Å². The monoisotopic (exact) mass is 198 g/mol. The number of hydrogen-bond donors (Lipinski definition) is 2. The molecule has 14 heavy (non-hydrogen) atoms. The molecule has 1 aromatic carbocycles. The van der Waals surface area contributed by atoms with Gasteiger partial charge in [-0.25, -0.2) is 8.78 Å². The lowest BCUT2D eigenvalue weighted by atomic mass is 10.0. The highest BCUT2D eigenvalue weighted by Gasteiger charge is 2.20. The van der Waals surface area contributed by atoms with Crippen LogP contribution in [0.4, 0.5) is 14.5 Å². The molecule has 1 heterocycles. The summed E-state index contributed by atoms with van der Waals surface area (Å²) in [5.41, 5.74) is 5.50. The number of benzene rings is 1. The minimum Gasteiger partial charge on any atom is -0.396 e. The van der Waals surface area contributed by atoms with Crippen molar-refractivity contribution in [1.82, 2.24) is 5.32 Å². The molecule has 1 aliphatic heterocycles. The zero-order valence-corrected chi connectivity index (χ0v) is 7.69. The number of halogens is 2. The van der Waals surface area contributed by atoms with Gasteiger partial charge in [-0.05, 0) is 25.5 Å². The molecule has 3 N–H and O–H groups in total. The Hall–Kier alpha value is -1.16. The maximum absolute atomic E-state index is 13.4. The van der Waals surface area contributed by atoms with Crippen molar-refractivity contribution in [2.75, 3.05) is 12.3 Å². The van der Waals surface area contributed by atoms with Gasteiger partial charge >= 0.3 is 0 Å². The Labute approximate surface area is 81.1 Å². The summed E-state index contributed by atoms with van der Waals surface area (Å²) in [6.45, 7) is 0.857. The topological polar surface area (TPSA) is 38.0 Å². The van der Waals surface area contributed by atoms with E-state index in [9.17, 15) is 8.78 Å². The van der Waals surface area contributed by atoms with Crippen molar-refractivity contribution in [3.8, 4) is 0 Å². The second-order valence-electron chi connectivity index (χ2n) is 3.54. The third-order valence-corrected chi connectivity index (χ3v) is 2.55. The van der Waals surface area contributed by atoms with Crippen LogP contribution in [-0.4, -0.2) is 6.54 Å². The fourth-order valence-corrected chi connectivity index (χ4v) is 1.79. The van der Waals surface area contributed by atoms with Gasteiger partial charge in [0.25, 0.3) is 0 Å². The van der Waals surface area contributed by atoms with E-state index in [0.717, 1.165) is 25.5 Å². The molecule has 4 heteroatoms. The molecule has 1 aromatic rings. The standard InChI is InChI=1S/C10H12F2N2/c11-7-5-9(13)8(12)4-6(7)10-2-1-3-14-10/h4-5,10,14H,1-3,13H2/t10-/m0/s1. The highest BCUT2D eigenvalue weighted by molar-refractivity contribution is 5.43. The molecule has 0 amide bonds. The number of nitrogens with two attached hydrogens (primary N) is 1. The summed E-state index contributed by atoms with van der Waals surface area (Å²) in [6.07, 6.45) is 1.84. The summed E-state index contributed by atoms with van der Waals surface area (Å²) >= 11 is 0. The number of rotatable bonds is 1. The fraction of sp³-hybridized carbons (Fsp3) is 0.400. The first-order valence-electron chi connectivity index (χ1n) is 4.66. The first-order chi connectivity index (χ1) is 6.68. The highest BCUT2D eigenvalue weighted by atomic mass is 19.1. The van der Waals surface area contributed by atoms with Crippen LogP contribution in [0, 0.1) is 11.6 Å². The van der Waals surface area contributed by atoms with E-state index in [2.05, 4.69) is 5.32 Å². The van der Waals surface area contributed by atoms with Gasteiger partial charge in [-0.15, -0.1) is 0 Å². The van der Waals surface area contributed by atoms with Crippen molar-refractivity contribution in [1.29, 1.82) is 0 Å². The molecule has 0 unspecified atom stereocenters. The maximum Gasteiger partial charge on any atom is 0.146 e.